The Balaban J connectivity index is 0.000000687. The number of hydrogen-bond acceptors (Lipinski definition) is 1. The normalized spacial score (nSPS) is 51.9. The summed E-state index contributed by atoms with van der Waals surface area (Å²) in [6, 6.07) is 0. The number of rotatable bonds is 1. The quantitative estimate of drug-likeness (QED) is 0.446. The Hall–Kier alpha value is -0.790. The highest BCUT2D eigenvalue weighted by atomic mass is 16.4. The van der Waals surface area contributed by atoms with Crippen molar-refractivity contribution in [2.45, 2.75) is 105 Å². The predicted octanol–water partition coefficient (Wildman–Crippen LogP) is 7.73. The zero-order valence-electron chi connectivity index (χ0n) is 20.1. The van der Waals surface area contributed by atoms with Crippen LogP contribution in [0.3, 0.4) is 0 Å². The number of aliphatic carboxylic acids is 1. The average Bonchev–Trinajstić information content (AvgIpc) is 3.14. The Labute approximate surface area is 185 Å². The number of fused-ring (bicyclic) bond motifs is 7. The molecule has 0 heterocycles. The highest BCUT2D eigenvalue weighted by Crippen LogP contribution is 2.71. The third kappa shape index (κ3) is 3.06. The molecule has 0 aromatic heterocycles. The second kappa shape index (κ2) is 7.96. The van der Waals surface area contributed by atoms with Crippen LogP contribution in [0.2, 0.25) is 0 Å². The maximum absolute atomic E-state index is 12.3. The fourth-order valence-corrected chi connectivity index (χ4v) is 10.3. The van der Waals surface area contributed by atoms with Crippen molar-refractivity contribution < 1.29 is 9.90 Å². The van der Waals surface area contributed by atoms with Crippen LogP contribution in [0.5, 0.6) is 0 Å². The minimum absolute atomic E-state index is 0.356. The molecule has 0 radical (unpaired) electrons. The van der Waals surface area contributed by atoms with Crippen LogP contribution < -0.4 is 0 Å². The lowest BCUT2D eigenvalue weighted by molar-refractivity contribution is -0.190. The fourth-order valence-electron chi connectivity index (χ4n) is 10.3. The standard InChI is InChI=1S/C25H40O2.C3H6/c1-16-6-4-12-23(2)18(16)10-14-24(3)19-11-15-25(22(26)27)13-5-7-20(25)17(19)8-9-21(23)24;1-3-2/h16-21H,4-15H2,1-3H3,(H,26,27);3H,1H2,2H3. The van der Waals surface area contributed by atoms with Crippen LogP contribution in [0.15, 0.2) is 12.7 Å². The summed E-state index contributed by atoms with van der Waals surface area (Å²) in [6.45, 7) is 13.1. The molecule has 5 rings (SSSR count). The summed E-state index contributed by atoms with van der Waals surface area (Å²) in [5, 5.41) is 10.1. The second-order valence-electron chi connectivity index (χ2n) is 12.3. The van der Waals surface area contributed by atoms with Gasteiger partial charge in [-0.3, -0.25) is 4.79 Å². The lowest BCUT2D eigenvalue weighted by Gasteiger charge is -2.67. The topological polar surface area (TPSA) is 37.3 Å². The molecular weight excluding hydrogens is 368 g/mol. The molecule has 9 unspecified atom stereocenters. The Morgan fingerprint density at radius 2 is 1.50 bits per heavy atom. The number of allylic oxidation sites excluding steroid dienone is 1. The molecule has 2 heteroatoms. The van der Waals surface area contributed by atoms with Gasteiger partial charge in [0.25, 0.3) is 0 Å². The van der Waals surface area contributed by atoms with Gasteiger partial charge >= 0.3 is 5.97 Å². The lowest BCUT2D eigenvalue weighted by Crippen LogP contribution is -2.60. The van der Waals surface area contributed by atoms with Crippen LogP contribution in [0.25, 0.3) is 0 Å². The maximum Gasteiger partial charge on any atom is 0.309 e. The first-order chi connectivity index (χ1) is 14.2. The number of carbonyl (C=O) groups is 1. The average molecular weight is 415 g/mol. The van der Waals surface area contributed by atoms with E-state index in [0.717, 1.165) is 42.9 Å². The van der Waals surface area contributed by atoms with Crippen molar-refractivity contribution in [1.82, 2.24) is 0 Å². The Kier molecular flexibility index (Phi) is 5.95. The highest BCUT2D eigenvalue weighted by Gasteiger charge is 2.65. The predicted molar refractivity (Wildman–Crippen MR) is 124 cm³/mol. The zero-order chi connectivity index (χ0) is 21.7. The van der Waals surface area contributed by atoms with Gasteiger partial charge in [-0.25, -0.2) is 0 Å². The molecule has 0 bridgehead atoms. The van der Waals surface area contributed by atoms with Crippen molar-refractivity contribution in [3.05, 3.63) is 12.7 Å². The molecule has 0 amide bonds. The summed E-state index contributed by atoms with van der Waals surface area (Å²) >= 11 is 0. The molecule has 5 fully saturated rings. The van der Waals surface area contributed by atoms with Gasteiger partial charge in [-0.1, -0.05) is 46.1 Å². The van der Waals surface area contributed by atoms with Gasteiger partial charge in [-0.2, -0.15) is 0 Å². The monoisotopic (exact) mass is 414 g/mol. The van der Waals surface area contributed by atoms with Crippen molar-refractivity contribution in [1.29, 1.82) is 0 Å². The van der Waals surface area contributed by atoms with E-state index in [1.807, 2.05) is 6.92 Å². The third-order valence-corrected chi connectivity index (χ3v) is 11.3. The van der Waals surface area contributed by atoms with Crippen LogP contribution >= 0.6 is 0 Å². The number of carboxylic acid groups (broad SMARTS) is 1. The van der Waals surface area contributed by atoms with E-state index in [1.54, 1.807) is 6.08 Å². The van der Waals surface area contributed by atoms with E-state index in [0.29, 0.717) is 22.7 Å². The SMILES string of the molecule is C=CC.CC1CCCC2(C)C1CCC1(C)C3CCC4(C(=O)O)CCCC4C3CCC21. The third-order valence-electron chi connectivity index (χ3n) is 11.3. The van der Waals surface area contributed by atoms with Gasteiger partial charge in [0.05, 0.1) is 5.41 Å². The van der Waals surface area contributed by atoms with E-state index in [2.05, 4.69) is 27.4 Å². The first-order valence-electron chi connectivity index (χ1n) is 13.0. The second-order valence-corrected chi connectivity index (χ2v) is 12.3. The molecule has 0 spiro atoms. The molecule has 0 aromatic rings. The van der Waals surface area contributed by atoms with Crippen LogP contribution in [-0.4, -0.2) is 11.1 Å². The Morgan fingerprint density at radius 1 is 0.867 bits per heavy atom. The van der Waals surface area contributed by atoms with Gasteiger partial charge in [0.1, 0.15) is 0 Å². The molecule has 170 valence electrons. The van der Waals surface area contributed by atoms with Gasteiger partial charge in [0.2, 0.25) is 0 Å². The first kappa shape index (κ1) is 22.4. The van der Waals surface area contributed by atoms with Crippen molar-refractivity contribution in [2.24, 2.45) is 51.8 Å². The lowest BCUT2D eigenvalue weighted by atomic mass is 9.38. The zero-order valence-corrected chi connectivity index (χ0v) is 20.1. The summed E-state index contributed by atoms with van der Waals surface area (Å²) < 4.78 is 0. The minimum Gasteiger partial charge on any atom is -0.481 e. The summed E-state index contributed by atoms with van der Waals surface area (Å²) in [6.07, 6.45) is 17.1. The molecule has 0 aromatic carbocycles. The summed E-state index contributed by atoms with van der Waals surface area (Å²) in [7, 11) is 0. The molecule has 5 aliphatic carbocycles. The number of carboxylic acids is 1. The summed E-state index contributed by atoms with van der Waals surface area (Å²) in [5.74, 6) is 4.23. The number of hydrogen-bond donors (Lipinski definition) is 1. The molecule has 0 aliphatic heterocycles. The van der Waals surface area contributed by atoms with E-state index in [1.165, 1.54) is 57.8 Å². The minimum atomic E-state index is -0.465. The van der Waals surface area contributed by atoms with Crippen molar-refractivity contribution in [3.8, 4) is 0 Å². The van der Waals surface area contributed by atoms with Crippen molar-refractivity contribution in [2.75, 3.05) is 0 Å². The van der Waals surface area contributed by atoms with E-state index in [4.69, 9.17) is 0 Å². The van der Waals surface area contributed by atoms with Crippen LogP contribution in [0, 0.1) is 51.8 Å². The molecule has 2 nitrogen and oxygen atoms in total. The maximum atomic E-state index is 12.3. The molecule has 5 saturated carbocycles. The van der Waals surface area contributed by atoms with Gasteiger partial charge in [0, 0.05) is 0 Å². The van der Waals surface area contributed by atoms with E-state index < -0.39 is 5.97 Å². The molecule has 5 aliphatic rings. The van der Waals surface area contributed by atoms with E-state index in [-0.39, 0.29) is 5.41 Å². The summed E-state index contributed by atoms with van der Waals surface area (Å²) in [4.78, 5) is 12.3. The summed E-state index contributed by atoms with van der Waals surface area (Å²) in [5.41, 5.74) is 0.663. The molecule has 30 heavy (non-hydrogen) atoms. The van der Waals surface area contributed by atoms with Crippen molar-refractivity contribution in [3.63, 3.8) is 0 Å². The Morgan fingerprint density at radius 3 is 2.20 bits per heavy atom. The van der Waals surface area contributed by atoms with Gasteiger partial charge < -0.3 is 5.11 Å². The fraction of sp³-hybridized carbons (Fsp3) is 0.893. The highest BCUT2D eigenvalue weighted by molar-refractivity contribution is 5.75. The first-order valence-corrected chi connectivity index (χ1v) is 13.0. The van der Waals surface area contributed by atoms with Crippen LogP contribution in [0.1, 0.15) is 105 Å². The molecule has 9 atom stereocenters. The molecular formula is C28H46O2. The smallest absolute Gasteiger partial charge is 0.309 e. The molecule has 0 saturated heterocycles. The van der Waals surface area contributed by atoms with Crippen LogP contribution in [-0.2, 0) is 4.79 Å². The van der Waals surface area contributed by atoms with E-state index in [9.17, 15) is 9.90 Å². The van der Waals surface area contributed by atoms with Gasteiger partial charge in [0.15, 0.2) is 0 Å². The van der Waals surface area contributed by atoms with Gasteiger partial charge in [-0.05, 0) is 111 Å². The van der Waals surface area contributed by atoms with Crippen molar-refractivity contribution >= 4 is 5.97 Å². The largest absolute Gasteiger partial charge is 0.481 e. The van der Waals surface area contributed by atoms with E-state index >= 15 is 0 Å². The van der Waals surface area contributed by atoms with Crippen LogP contribution in [0.4, 0.5) is 0 Å². The Bertz CT molecular complexity index is 670. The molecule has 1 N–H and O–H groups in total. The van der Waals surface area contributed by atoms with Gasteiger partial charge in [-0.15, -0.1) is 6.58 Å².